The normalized spacial score (nSPS) is 20.0. The monoisotopic (exact) mass is 389 g/mol. The molecule has 1 saturated heterocycles. The smallest absolute Gasteiger partial charge is 0.222 e. The Morgan fingerprint density at radius 3 is 2.50 bits per heavy atom. The van der Waals surface area contributed by atoms with Crippen molar-refractivity contribution >= 4 is 5.91 Å². The summed E-state index contributed by atoms with van der Waals surface area (Å²) in [5.41, 5.74) is 1.12. The van der Waals surface area contributed by atoms with Gasteiger partial charge in [-0.15, -0.1) is 0 Å². The first-order valence-electron chi connectivity index (χ1n) is 10.8. The fourth-order valence-corrected chi connectivity index (χ4v) is 4.53. The zero-order valence-corrected chi connectivity index (χ0v) is 18.7. The third-order valence-electron chi connectivity index (χ3n) is 6.12. The maximum Gasteiger partial charge on any atom is 0.222 e. The maximum absolute atomic E-state index is 12.6. The summed E-state index contributed by atoms with van der Waals surface area (Å²) in [5, 5.41) is 0. The van der Waals surface area contributed by atoms with Gasteiger partial charge in [-0.3, -0.25) is 4.79 Å². The number of hydrogen-bond donors (Lipinski definition) is 0. The van der Waals surface area contributed by atoms with E-state index in [9.17, 15) is 4.79 Å². The summed E-state index contributed by atoms with van der Waals surface area (Å²) < 4.78 is 11.2. The van der Waals surface area contributed by atoms with E-state index in [0.717, 1.165) is 43.7 Å². The molecular weight excluding hydrogens is 350 g/mol. The minimum absolute atomic E-state index is 0.0297. The number of nitrogens with zero attached hydrogens (tertiary/aromatic N) is 1. The van der Waals surface area contributed by atoms with Crippen LogP contribution in [-0.4, -0.2) is 36.7 Å². The summed E-state index contributed by atoms with van der Waals surface area (Å²) in [6.45, 7) is 13.3. The minimum atomic E-state index is -0.0297. The molecule has 1 aromatic carbocycles. The number of carbonyl (C=O) groups excluding carboxylic acids is 1. The molecule has 1 fully saturated rings. The van der Waals surface area contributed by atoms with Gasteiger partial charge in [0.1, 0.15) is 5.75 Å². The summed E-state index contributed by atoms with van der Waals surface area (Å²) in [7, 11) is 1.67. The zero-order valence-electron chi connectivity index (χ0n) is 18.7. The first-order chi connectivity index (χ1) is 13.3. The Kier molecular flexibility index (Phi) is 8.36. The molecular formula is C24H39NO3. The lowest BCUT2D eigenvalue weighted by Gasteiger charge is -2.41. The van der Waals surface area contributed by atoms with E-state index in [4.69, 9.17) is 9.47 Å². The number of methoxy groups -OCH3 is 1. The lowest BCUT2D eigenvalue weighted by molar-refractivity contribution is -0.132. The van der Waals surface area contributed by atoms with Crippen molar-refractivity contribution in [3.63, 3.8) is 0 Å². The van der Waals surface area contributed by atoms with Crippen LogP contribution in [0.2, 0.25) is 0 Å². The van der Waals surface area contributed by atoms with Gasteiger partial charge in [0.15, 0.2) is 0 Å². The van der Waals surface area contributed by atoms with Crippen LogP contribution in [0.5, 0.6) is 5.75 Å². The Morgan fingerprint density at radius 2 is 1.96 bits per heavy atom. The number of benzene rings is 1. The second kappa shape index (κ2) is 10.3. The second-order valence-electron chi connectivity index (χ2n) is 9.07. The van der Waals surface area contributed by atoms with E-state index in [1.54, 1.807) is 7.11 Å². The molecule has 0 aromatic heterocycles. The number of carbonyl (C=O) groups is 1. The van der Waals surface area contributed by atoms with Crippen LogP contribution >= 0.6 is 0 Å². The van der Waals surface area contributed by atoms with E-state index in [1.807, 2.05) is 24.0 Å². The third kappa shape index (κ3) is 6.51. The molecule has 2 rings (SSSR count). The molecule has 28 heavy (non-hydrogen) atoms. The molecule has 4 nitrogen and oxygen atoms in total. The first-order valence-corrected chi connectivity index (χ1v) is 10.8. The minimum Gasteiger partial charge on any atom is -0.497 e. The van der Waals surface area contributed by atoms with Crippen LogP contribution in [0.15, 0.2) is 24.3 Å². The van der Waals surface area contributed by atoms with Gasteiger partial charge in [0.25, 0.3) is 0 Å². The molecule has 1 heterocycles. The predicted octanol–water partition coefficient (Wildman–Crippen LogP) is 5.30. The SMILES string of the molecule is CCC(=O)N(CC[C@@H](C(C)C)[C@H]1CCOC(C)(C)C1)Cc1ccc(OC)cc1. The van der Waals surface area contributed by atoms with Crippen molar-refractivity contribution in [3.05, 3.63) is 29.8 Å². The Labute approximate surface area is 171 Å². The Morgan fingerprint density at radius 1 is 1.29 bits per heavy atom. The van der Waals surface area contributed by atoms with E-state index in [0.29, 0.717) is 30.7 Å². The van der Waals surface area contributed by atoms with Gasteiger partial charge in [0.2, 0.25) is 5.91 Å². The van der Waals surface area contributed by atoms with Gasteiger partial charge in [-0.1, -0.05) is 32.9 Å². The molecule has 0 aliphatic carbocycles. The van der Waals surface area contributed by atoms with Gasteiger partial charge in [-0.2, -0.15) is 0 Å². The van der Waals surface area contributed by atoms with Crippen molar-refractivity contribution in [3.8, 4) is 5.75 Å². The van der Waals surface area contributed by atoms with Gasteiger partial charge < -0.3 is 14.4 Å². The topological polar surface area (TPSA) is 38.8 Å². The zero-order chi connectivity index (χ0) is 20.7. The lowest BCUT2D eigenvalue weighted by Crippen LogP contribution is -2.39. The molecule has 0 unspecified atom stereocenters. The Balaban J connectivity index is 2.04. The van der Waals surface area contributed by atoms with E-state index in [1.165, 1.54) is 0 Å². The molecule has 0 bridgehead atoms. The van der Waals surface area contributed by atoms with Crippen molar-refractivity contribution in [2.75, 3.05) is 20.3 Å². The molecule has 158 valence electrons. The van der Waals surface area contributed by atoms with Crippen molar-refractivity contribution < 1.29 is 14.3 Å². The van der Waals surface area contributed by atoms with E-state index in [-0.39, 0.29) is 11.5 Å². The molecule has 1 aliphatic heterocycles. The van der Waals surface area contributed by atoms with Crippen molar-refractivity contribution in [2.24, 2.45) is 17.8 Å². The van der Waals surface area contributed by atoms with Crippen molar-refractivity contribution in [1.29, 1.82) is 0 Å². The van der Waals surface area contributed by atoms with Crippen molar-refractivity contribution in [1.82, 2.24) is 4.90 Å². The fourth-order valence-electron chi connectivity index (χ4n) is 4.53. The number of amides is 1. The summed E-state index contributed by atoms with van der Waals surface area (Å²) >= 11 is 0. The summed E-state index contributed by atoms with van der Waals surface area (Å²) in [4.78, 5) is 14.6. The molecule has 1 aliphatic rings. The summed E-state index contributed by atoms with van der Waals surface area (Å²) in [5.74, 6) is 2.97. The van der Waals surface area contributed by atoms with Crippen molar-refractivity contribution in [2.45, 2.75) is 72.4 Å². The molecule has 2 atom stereocenters. The predicted molar refractivity (Wildman–Crippen MR) is 114 cm³/mol. The highest BCUT2D eigenvalue weighted by atomic mass is 16.5. The molecule has 0 saturated carbocycles. The molecule has 4 heteroatoms. The van der Waals surface area contributed by atoms with Gasteiger partial charge >= 0.3 is 0 Å². The molecule has 0 radical (unpaired) electrons. The van der Waals surface area contributed by atoms with E-state index >= 15 is 0 Å². The molecule has 0 N–H and O–H groups in total. The average Bonchev–Trinajstić information content (AvgIpc) is 2.66. The highest BCUT2D eigenvalue weighted by Crippen LogP contribution is 2.38. The van der Waals surface area contributed by atoms with E-state index in [2.05, 4.69) is 39.8 Å². The number of hydrogen-bond acceptors (Lipinski definition) is 3. The van der Waals surface area contributed by atoms with E-state index < -0.39 is 0 Å². The van der Waals surface area contributed by atoms with Gasteiger partial charge in [-0.05, 0) is 68.6 Å². The number of rotatable bonds is 9. The first kappa shape index (κ1) is 22.7. The standard InChI is InChI=1S/C24H39NO3/c1-7-23(26)25(17-19-8-10-21(27-6)11-9-19)14-12-22(18(2)3)20-13-15-28-24(4,5)16-20/h8-11,18,20,22H,7,12-17H2,1-6H3/t20-,22-/m0/s1. The van der Waals surface area contributed by atoms with Crippen LogP contribution in [-0.2, 0) is 16.1 Å². The fraction of sp³-hybridized carbons (Fsp3) is 0.708. The lowest BCUT2D eigenvalue weighted by atomic mass is 9.73. The van der Waals surface area contributed by atoms with Crippen LogP contribution in [0.3, 0.4) is 0 Å². The Hall–Kier alpha value is -1.55. The maximum atomic E-state index is 12.6. The Bertz CT molecular complexity index is 609. The quantitative estimate of drug-likeness (QED) is 0.575. The van der Waals surface area contributed by atoms with Crippen LogP contribution in [0.4, 0.5) is 0 Å². The molecule has 1 amide bonds. The summed E-state index contributed by atoms with van der Waals surface area (Å²) in [6, 6.07) is 8.03. The van der Waals surface area contributed by atoms with Gasteiger partial charge in [0.05, 0.1) is 12.7 Å². The van der Waals surface area contributed by atoms with Crippen LogP contribution < -0.4 is 4.74 Å². The van der Waals surface area contributed by atoms with Crippen LogP contribution in [0.1, 0.15) is 65.9 Å². The third-order valence-corrected chi connectivity index (χ3v) is 6.12. The molecule has 1 aromatic rings. The van der Waals surface area contributed by atoms with Crippen LogP contribution in [0, 0.1) is 17.8 Å². The second-order valence-corrected chi connectivity index (χ2v) is 9.07. The van der Waals surface area contributed by atoms with Crippen LogP contribution in [0.25, 0.3) is 0 Å². The summed E-state index contributed by atoms with van der Waals surface area (Å²) in [6.07, 6.45) is 3.84. The highest BCUT2D eigenvalue weighted by molar-refractivity contribution is 5.75. The average molecular weight is 390 g/mol. The number of ether oxygens (including phenoxy) is 2. The van der Waals surface area contributed by atoms with Gasteiger partial charge in [-0.25, -0.2) is 0 Å². The molecule has 0 spiro atoms. The largest absolute Gasteiger partial charge is 0.497 e. The van der Waals surface area contributed by atoms with Gasteiger partial charge in [0, 0.05) is 26.1 Å². The highest BCUT2D eigenvalue weighted by Gasteiger charge is 2.34.